The first-order valence-corrected chi connectivity index (χ1v) is 8.46. The minimum absolute atomic E-state index is 0.750. The average molecular weight is 347 g/mol. The van der Waals surface area contributed by atoms with Crippen LogP contribution in [0.15, 0.2) is 48.7 Å². The third-order valence-electron chi connectivity index (χ3n) is 4.29. The Bertz CT molecular complexity index is 1070. The third-order valence-corrected chi connectivity index (χ3v) is 4.29. The van der Waals surface area contributed by atoms with Gasteiger partial charge in [-0.3, -0.25) is 5.10 Å². The Morgan fingerprint density at radius 1 is 1.15 bits per heavy atom. The van der Waals surface area contributed by atoms with Gasteiger partial charge in [0.1, 0.15) is 11.3 Å². The summed E-state index contributed by atoms with van der Waals surface area (Å²) in [5.74, 6) is 1.54. The van der Waals surface area contributed by atoms with Gasteiger partial charge in [0, 0.05) is 17.6 Å². The zero-order valence-electron chi connectivity index (χ0n) is 15.1. The predicted molar refractivity (Wildman–Crippen MR) is 105 cm³/mol. The minimum Gasteiger partial charge on any atom is -0.496 e. The van der Waals surface area contributed by atoms with Crippen molar-refractivity contribution in [3.05, 3.63) is 54.2 Å². The molecule has 4 rings (SSSR count). The highest BCUT2D eigenvalue weighted by molar-refractivity contribution is 6.11. The van der Waals surface area contributed by atoms with Gasteiger partial charge < -0.3 is 15.0 Å². The molecular formula is C20H21N5O. The van der Waals surface area contributed by atoms with Crippen LogP contribution in [-0.4, -0.2) is 41.3 Å². The molecule has 26 heavy (non-hydrogen) atoms. The van der Waals surface area contributed by atoms with Gasteiger partial charge in [0.2, 0.25) is 0 Å². The first-order valence-electron chi connectivity index (χ1n) is 8.46. The fraction of sp³-hybridized carbons (Fsp3) is 0.200. The summed E-state index contributed by atoms with van der Waals surface area (Å²) >= 11 is 0. The molecule has 0 aliphatic heterocycles. The number of aromatic amines is 1. The number of pyridine rings is 1. The lowest BCUT2D eigenvalue weighted by molar-refractivity contribution is 0.402. The van der Waals surface area contributed by atoms with E-state index in [0.29, 0.717) is 0 Å². The lowest BCUT2D eigenvalue weighted by Gasteiger charge is -2.13. The summed E-state index contributed by atoms with van der Waals surface area (Å²) in [4.78, 5) is 6.94. The van der Waals surface area contributed by atoms with Crippen LogP contribution in [0.2, 0.25) is 0 Å². The monoisotopic (exact) mass is 347 g/mol. The molecule has 0 spiro atoms. The number of anilines is 2. The van der Waals surface area contributed by atoms with Crippen molar-refractivity contribution in [1.82, 2.24) is 20.1 Å². The van der Waals surface area contributed by atoms with Crippen LogP contribution in [0.5, 0.6) is 5.75 Å². The SMILES string of the molecule is COc1cccc2nc(Nc3cccc(CN(C)C)c3)c3[nH]ncc3c12. The lowest BCUT2D eigenvalue weighted by atomic mass is 10.1. The second-order valence-corrected chi connectivity index (χ2v) is 6.54. The topological polar surface area (TPSA) is 66.1 Å². The largest absolute Gasteiger partial charge is 0.496 e. The number of benzene rings is 2. The third kappa shape index (κ3) is 2.95. The summed E-state index contributed by atoms with van der Waals surface area (Å²) in [5.41, 5.74) is 3.96. The van der Waals surface area contributed by atoms with Crippen molar-refractivity contribution in [1.29, 1.82) is 0 Å². The van der Waals surface area contributed by atoms with E-state index in [2.05, 4.69) is 52.7 Å². The molecule has 4 aromatic rings. The van der Waals surface area contributed by atoms with Crippen LogP contribution < -0.4 is 10.1 Å². The second kappa shape index (κ2) is 6.65. The zero-order valence-corrected chi connectivity index (χ0v) is 15.1. The van der Waals surface area contributed by atoms with Crippen molar-refractivity contribution in [3.8, 4) is 5.75 Å². The van der Waals surface area contributed by atoms with E-state index in [1.54, 1.807) is 7.11 Å². The fourth-order valence-corrected chi connectivity index (χ4v) is 3.23. The Balaban J connectivity index is 1.81. The molecule has 2 aromatic carbocycles. The number of rotatable bonds is 5. The van der Waals surface area contributed by atoms with Crippen molar-refractivity contribution in [3.63, 3.8) is 0 Å². The van der Waals surface area contributed by atoms with E-state index in [9.17, 15) is 0 Å². The predicted octanol–water partition coefficient (Wildman–Crippen LogP) is 3.92. The maximum atomic E-state index is 5.51. The number of nitrogens with one attached hydrogen (secondary N) is 2. The zero-order chi connectivity index (χ0) is 18.1. The van der Waals surface area contributed by atoms with Gasteiger partial charge in [-0.2, -0.15) is 5.10 Å². The molecular weight excluding hydrogens is 326 g/mol. The van der Waals surface area contributed by atoms with Crippen molar-refractivity contribution in [2.75, 3.05) is 26.5 Å². The van der Waals surface area contributed by atoms with Crippen LogP contribution in [0, 0.1) is 0 Å². The first-order chi connectivity index (χ1) is 12.7. The number of ether oxygens (including phenoxy) is 1. The highest BCUT2D eigenvalue weighted by Crippen LogP contribution is 2.34. The van der Waals surface area contributed by atoms with Crippen LogP contribution in [-0.2, 0) is 6.54 Å². The number of methoxy groups -OCH3 is 1. The molecule has 0 unspecified atom stereocenters. The molecule has 2 aromatic heterocycles. The van der Waals surface area contributed by atoms with Crippen LogP contribution in [0.1, 0.15) is 5.56 Å². The van der Waals surface area contributed by atoms with Gasteiger partial charge in [0.05, 0.1) is 24.2 Å². The van der Waals surface area contributed by atoms with E-state index in [1.165, 1.54) is 5.56 Å². The van der Waals surface area contributed by atoms with Crippen molar-refractivity contribution >= 4 is 33.3 Å². The van der Waals surface area contributed by atoms with E-state index in [4.69, 9.17) is 9.72 Å². The van der Waals surface area contributed by atoms with E-state index in [0.717, 1.165) is 45.6 Å². The molecule has 0 aliphatic carbocycles. The van der Waals surface area contributed by atoms with Crippen LogP contribution in [0.4, 0.5) is 11.5 Å². The maximum Gasteiger partial charge on any atom is 0.157 e. The van der Waals surface area contributed by atoms with Gasteiger partial charge in [-0.15, -0.1) is 0 Å². The average Bonchev–Trinajstić information content (AvgIpc) is 3.11. The molecule has 6 nitrogen and oxygen atoms in total. The van der Waals surface area contributed by atoms with Gasteiger partial charge >= 0.3 is 0 Å². The highest BCUT2D eigenvalue weighted by Gasteiger charge is 2.14. The standard InChI is InChI=1S/C20H21N5O/c1-25(2)12-13-6-4-7-14(10-13)22-20-19-15(11-21-24-19)18-16(23-20)8-5-9-17(18)26-3/h4-11H,12H2,1-3H3,(H,21,24)(H,22,23). The number of aromatic nitrogens is 3. The summed E-state index contributed by atoms with van der Waals surface area (Å²) in [6.45, 7) is 0.886. The van der Waals surface area contributed by atoms with Gasteiger partial charge in [0.15, 0.2) is 5.82 Å². The molecule has 0 fully saturated rings. The van der Waals surface area contributed by atoms with Crippen LogP contribution in [0.25, 0.3) is 21.8 Å². The van der Waals surface area contributed by atoms with Gasteiger partial charge in [-0.25, -0.2) is 4.98 Å². The number of fused-ring (bicyclic) bond motifs is 3. The van der Waals surface area contributed by atoms with Gasteiger partial charge in [-0.05, 0) is 43.9 Å². The Kier molecular flexibility index (Phi) is 4.18. The van der Waals surface area contributed by atoms with Crippen molar-refractivity contribution in [2.45, 2.75) is 6.54 Å². The van der Waals surface area contributed by atoms with E-state index >= 15 is 0 Å². The lowest BCUT2D eigenvalue weighted by Crippen LogP contribution is -2.10. The van der Waals surface area contributed by atoms with Crippen molar-refractivity contribution in [2.24, 2.45) is 0 Å². The highest BCUT2D eigenvalue weighted by atomic mass is 16.5. The molecule has 132 valence electrons. The Labute approximate surface area is 151 Å². The molecule has 0 bridgehead atoms. The molecule has 0 amide bonds. The van der Waals surface area contributed by atoms with Crippen LogP contribution in [0.3, 0.4) is 0 Å². The summed E-state index contributed by atoms with van der Waals surface area (Å²) in [6.07, 6.45) is 1.81. The molecule has 0 radical (unpaired) electrons. The quantitative estimate of drug-likeness (QED) is 0.573. The van der Waals surface area contributed by atoms with E-state index in [-0.39, 0.29) is 0 Å². The normalized spacial score (nSPS) is 11.4. The fourth-order valence-electron chi connectivity index (χ4n) is 3.23. The van der Waals surface area contributed by atoms with Gasteiger partial charge in [0.25, 0.3) is 0 Å². The number of hydrogen-bond acceptors (Lipinski definition) is 5. The first kappa shape index (κ1) is 16.4. The van der Waals surface area contributed by atoms with E-state index < -0.39 is 0 Å². The smallest absolute Gasteiger partial charge is 0.157 e. The van der Waals surface area contributed by atoms with E-state index in [1.807, 2.05) is 30.5 Å². The molecule has 0 aliphatic rings. The summed E-state index contributed by atoms with van der Waals surface area (Å²) in [7, 11) is 5.79. The molecule has 0 saturated carbocycles. The Morgan fingerprint density at radius 2 is 2.00 bits per heavy atom. The summed E-state index contributed by atoms with van der Waals surface area (Å²) in [6, 6.07) is 14.2. The molecule has 6 heteroatoms. The van der Waals surface area contributed by atoms with Crippen molar-refractivity contribution < 1.29 is 4.74 Å². The molecule has 0 atom stereocenters. The van der Waals surface area contributed by atoms with Gasteiger partial charge in [-0.1, -0.05) is 18.2 Å². The number of hydrogen-bond donors (Lipinski definition) is 2. The molecule has 0 saturated heterocycles. The molecule has 2 heterocycles. The number of H-pyrrole nitrogens is 1. The Hall–Kier alpha value is -3.12. The summed E-state index contributed by atoms with van der Waals surface area (Å²) < 4.78 is 5.51. The van der Waals surface area contributed by atoms with Crippen LogP contribution >= 0.6 is 0 Å². The molecule has 2 N–H and O–H groups in total. The second-order valence-electron chi connectivity index (χ2n) is 6.54. The summed E-state index contributed by atoms with van der Waals surface area (Å²) in [5, 5.41) is 12.7. The maximum absolute atomic E-state index is 5.51. The number of nitrogens with zero attached hydrogens (tertiary/aromatic N) is 3. The minimum atomic E-state index is 0.750. The Morgan fingerprint density at radius 3 is 2.81 bits per heavy atom.